The van der Waals surface area contributed by atoms with E-state index in [1.54, 1.807) is 0 Å². The summed E-state index contributed by atoms with van der Waals surface area (Å²) in [5.74, 6) is -4.27. The van der Waals surface area contributed by atoms with E-state index < -0.39 is 54.7 Å². The highest BCUT2D eigenvalue weighted by Crippen LogP contribution is 2.31. The van der Waals surface area contributed by atoms with Gasteiger partial charge in [-0.25, -0.2) is 0 Å². The molecule has 2 atom stereocenters. The molecule has 2 fully saturated rings. The molecule has 0 spiro atoms. The number of nitrogens with zero attached hydrogens (tertiary/aromatic N) is 2. The Morgan fingerprint density at radius 1 is 0.694 bits per heavy atom. The van der Waals surface area contributed by atoms with Crippen LogP contribution in [0.2, 0.25) is 0 Å². The number of phenolic OH excluding ortho intramolecular Hbond substituents is 4. The lowest BCUT2D eigenvalue weighted by Gasteiger charge is -2.23. The number of aliphatic hydroxyl groups excluding tert-OH is 1. The van der Waals surface area contributed by atoms with Gasteiger partial charge in [0.25, 0.3) is 0 Å². The fourth-order valence-corrected chi connectivity index (χ4v) is 4.67. The zero-order chi connectivity index (χ0) is 26.1. The Balaban J connectivity index is 1.35. The fraction of sp³-hybridized carbons (Fsp3) is 0.360. The second kappa shape index (κ2) is 9.86. The van der Waals surface area contributed by atoms with E-state index in [2.05, 4.69) is 0 Å². The number of β-amino-alcohol motifs (C(OH)–C–C–N with tert-alkyl or cyclic N) is 1. The second-order valence-electron chi connectivity index (χ2n) is 9.18. The number of amides is 4. The van der Waals surface area contributed by atoms with Crippen molar-refractivity contribution in [2.45, 2.75) is 31.8 Å². The van der Waals surface area contributed by atoms with E-state index in [0.29, 0.717) is 11.1 Å². The minimum atomic E-state index is -1.35. The number of phenols is 4. The number of benzene rings is 2. The molecular formula is C25H26N2O9. The maximum atomic E-state index is 12.8. The summed E-state index contributed by atoms with van der Waals surface area (Å²) >= 11 is 0. The number of carbonyl (C=O) groups excluding carboxylic acids is 4. The van der Waals surface area contributed by atoms with Crippen LogP contribution >= 0.6 is 0 Å². The van der Waals surface area contributed by atoms with Gasteiger partial charge in [0.15, 0.2) is 0 Å². The van der Waals surface area contributed by atoms with Crippen molar-refractivity contribution >= 4 is 23.6 Å². The van der Waals surface area contributed by atoms with Crippen LogP contribution in [0.1, 0.15) is 24.0 Å². The van der Waals surface area contributed by atoms with E-state index in [1.807, 2.05) is 0 Å². The molecule has 0 aliphatic carbocycles. The van der Waals surface area contributed by atoms with E-state index >= 15 is 0 Å². The summed E-state index contributed by atoms with van der Waals surface area (Å²) in [5.41, 5.74) is 0.778. The van der Waals surface area contributed by atoms with Crippen LogP contribution in [0.4, 0.5) is 0 Å². The Kier molecular flexibility index (Phi) is 6.84. The normalized spacial score (nSPS) is 21.0. The molecule has 36 heavy (non-hydrogen) atoms. The van der Waals surface area contributed by atoms with Crippen LogP contribution in [-0.4, -0.2) is 78.2 Å². The molecule has 2 heterocycles. The molecule has 11 heteroatoms. The number of hydrogen-bond acceptors (Lipinski definition) is 9. The standard InChI is InChI=1S/C25H26N2O9/c28-17-3-1-13(20(31)9-17)5-15-7-22(33)26(24(15)35)11-19(30)12-27-23(34)8-16(25(27)36)6-14-2-4-18(29)10-21(14)32/h1-4,9-10,15-16,19,28-32H,5-8,11-12H2. The number of aromatic hydroxyl groups is 4. The monoisotopic (exact) mass is 498 g/mol. The van der Waals surface area contributed by atoms with Gasteiger partial charge in [-0.3, -0.25) is 29.0 Å². The van der Waals surface area contributed by atoms with Gasteiger partial charge in [-0.05, 0) is 36.1 Å². The summed E-state index contributed by atoms with van der Waals surface area (Å²) in [6.07, 6.45) is -1.46. The third-order valence-corrected chi connectivity index (χ3v) is 6.53. The van der Waals surface area contributed by atoms with Crippen molar-refractivity contribution in [2.24, 2.45) is 11.8 Å². The summed E-state index contributed by atoms with van der Waals surface area (Å²) in [7, 11) is 0. The molecule has 4 amide bonds. The molecular weight excluding hydrogens is 472 g/mol. The Hall–Kier alpha value is -4.12. The highest BCUT2D eigenvalue weighted by Gasteiger charge is 2.42. The molecule has 190 valence electrons. The van der Waals surface area contributed by atoms with Crippen molar-refractivity contribution in [3.63, 3.8) is 0 Å². The number of rotatable bonds is 8. The van der Waals surface area contributed by atoms with Gasteiger partial charge in [-0.2, -0.15) is 0 Å². The van der Waals surface area contributed by atoms with Crippen LogP contribution in [-0.2, 0) is 32.0 Å². The van der Waals surface area contributed by atoms with Crippen LogP contribution < -0.4 is 0 Å². The maximum Gasteiger partial charge on any atom is 0.233 e. The van der Waals surface area contributed by atoms with Crippen molar-refractivity contribution in [1.29, 1.82) is 0 Å². The van der Waals surface area contributed by atoms with Gasteiger partial charge in [-0.15, -0.1) is 0 Å². The van der Waals surface area contributed by atoms with Gasteiger partial charge in [0.2, 0.25) is 23.6 Å². The second-order valence-corrected chi connectivity index (χ2v) is 9.18. The third-order valence-electron chi connectivity index (χ3n) is 6.53. The Morgan fingerprint density at radius 2 is 1.08 bits per heavy atom. The van der Waals surface area contributed by atoms with Gasteiger partial charge >= 0.3 is 0 Å². The molecule has 4 rings (SSSR count). The van der Waals surface area contributed by atoms with E-state index in [1.165, 1.54) is 24.3 Å². The number of hydrogen-bond donors (Lipinski definition) is 5. The summed E-state index contributed by atoms with van der Waals surface area (Å²) in [5, 5.41) is 49.3. The first-order valence-corrected chi connectivity index (χ1v) is 11.4. The minimum absolute atomic E-state index is 0.0676. The first kappa shape index (κ1) is 25.0. The number of imide groups is 2. The Bertz CT molecular complexity index is 1130. The van der Waals surface area contributed by atoms with Gasteiger partial charge < -0.3 is 25.5 Å². The van der Waals surface area contributed by atoms with Crippen LogP contribution in [0.5, 0.6) is 23.0 Å². The van der Waals surface area contributed by atoms with Crippen molar-refractivity contribution in [1.82, 2.24) is 9.80 Å². The molecule has 5 N–H and O–H groups in total. The van der Waals surface area contributed by atoms with E-state index in [4.69, 9.17) is 0 Å². The predicted octanol–water partition coefficient (Wildman–Crippen LogP) is 0.405. The topological polar surface area (TPSA) is 176 Å². The highest BCUT2D eigenvalue weighted by molar-refractivity contribution is 6.04. The third kappa shape index (κ3) is 5.10. The van der Waals surface area contributed by atoms with Crippen LogP contribution in [0.25, 0.3) is 0 Å². The summed E-state index contributed by atoms with van der Waals surface area (Å²) in [4.78, 5) is 52.2. The molecule has 11 nitrogen and oxygen atoms in total. The minimum Gasteiger partial charge on any atom is -0.508 e. The summed E-state index contributed by atoms with van der Waals surface area (Å²) in [6.45, 7) is -0.785. The maximum absolute atomic E-state index is 12.8. The van der Waals surface area contributed by atoms with Crippen LogP contribution in [0.3, 0.4) is 0 Å². The van der Waals surface area contributed by atoms with Crippen molar-refractivity contribution < 1.29 is 44.7 Å². The van der Waals surface area contributed by atoms with Crippen molar-refractivity contribution in [3.8, 4) is 23.0 Å². The average molecular weight is 498 g/mol. The molecule has 0 saturated carbocycles. The number of carbonyl (C=O) groups is 4. The number of aliphatic hydroxyl groups is 1. The van der Waals surface area contributed by atoms with Crippen LogP contribution in [0.15, 0.2) is 36.4 Å². The SMILES string of the molecule is O=C1CC(Cc2ccc(O)cc2O)C(=O)N1CC(O)CN1C(=O)CC(Cc2ccc(O)cc2O)C1=O. The average Bonchev–Trinajstić information content (AvgIpc) is 3.21. The first-order valence-electron chi connectivity index (χ1n) is 11.4. The zero-order valence-electron chi connectivity index (χ0n) is 19.2. The molecule has 2 aliphatic heterocycles. The van der Waals surface area contributed by atoms with Gasteiger partial charge in [-0.1, -0.05) is 12.1 Å². The lowest BCUT2D eigenvalue weighted by atomic mass is 9.97. The molecule has 2 unspecified atom stereocenters. The largest absolute Gasteiger partial charge is 0.508 e. The van der Waals surface area contributed by atoms with E-state index in [9.17, 15) is 44.7 Å². The Morgan fingerprint density at radius 3 is 1.44 bits per heavy atom. The molecule has 0 radical (unpaired) electrons. The lowest BCUT2D eigenvalue weighted by molar-refractivity contribution is -0.142. The van der Waals surface area contributed by atoms with Crippen molar-refractivity contribution in [3.05, 3.63) is 47.5 Å². The molecule has 0 aromatic heterocycles. The molecule has 2 saturated heterocycles. The first-order chi connectivity index (χ1) is 17.0. The fourth-order valence-electron chi connectivity index (χ4n) is 4.67. The number of likely N-dealkylation sites (tertiary alicyclic amines) is 2. The quantitative estimate of drug-likeness (QED) is 0.323. The van der Waals surface area contributed by atoms with Gasteiger partial charge in [0, 0.05) is 25.0 Å². The smallest absolute Gasteiger partial charge is 0.233 e. The molecule has 0 bridgehead atoms. The highest BCUT2D eigenvalue weighted by atomic mass is 16.3. The lowest BCUT2D eigenvalue weighted by Crippen LogP contribution is -2.44. The predicted molar refractivity (Wildman–Crippen MR) is 123 cm³/mol. The van der Waals surface area contributed by atoms with Gasteiger partial charge in [0.1, 0.15) is 23.0 Å². The molecule has 2 aromatic carbocycles. The molecule has 2 aliphatic rings. The van der Waals surface area contributed by atoms with Crippen LogP contribution in [0, 0.1) is 11.8 Å². The summed E-state index contributed by atoms with van der Waals surface area (Å²) in [6, 6.07) is 7.91. The van der Waals surface area contributed by atoms with Gasteiger partial charge in [0.05, 0.1) is 31.0 Å². The summed E-state index contributed by atoms with van der Waals surface area (Å²) < 4.78 is 0. The van der Waals surface area contributed by atoms with E-state index in [0.717, 1.165) is 21.9 Å². The zero-order valence-corrected chi connectivity index (χ0v) is 19.2. The van der Waals surface area contributed by atoms with Crippen molar-refractivity contribution in [2.75, 3.05) is 13.1 Å². The molecule has 2 aromatic rings. The Labute approximate surface area is 205 Å². The van der Waals surface area contributed by atoms with E-state index in [-0.39, 0.29) is 48.7 Å².